The molecule has 180 valence electrons. The molecule has 1 N–H and O–H groups in total. The molecule has 2 heteroatoms. The van der Waals surface area contributed by atoms with Crippen LogP contribution in [0.5, 0.6) is 0 Å². The third-order valence-corrected chi connectivity index (χ3v) is 9.82. The molecule has 0 spiro atoms. The Bertz CT molecular complexity index is 1200. The van der Waals surface area contributed by atoms with Gasteiger partial charge in [-0.1, -0.05) is 96.2 Å². The predicted octanol–water partition coefficient (Wildman–Crippen LogP) is 8.75. The molecule has 0 aromatic heterocycles. The van der Waals surface area contributed by atoms with E-state index in [9.17, 15) is 0 Å². The fraction of sp³-hybridized carbons (Fsp3) is 0.438. The standard InChI is InChI=1S/C32H43NSi/c1-9-12-13-22-14-16-26-27-17-15-25(21-29(27)32(4,5)28(26)18-22)33-30-19-24(11-3)31(34(6,7)8)20-23(30)10-2/h14-21,33H,9-13H2,1-8H3. The molecule has 0 saturated heterocycles. The summed E-state index contributed by atoms with van der Waals surface area (Å²) in [6, 6.07) is 19.1. The summed E-state index contributed by atoms with van der Waals surface area (Å²) in [5.74, 6) is 0. The molecule has 0 amide bonds. The van der Waals surface area contributed by atoms with E-state index in [1.165, 1.54) is 69.6 Å². The third kappa shape index (κ3) is 4.50. The highest BCUT2D eigenvalue weighted by Crippen LogP contribution is 2.49. The first-order chi connectivity index (χ1) is 16.1. The van der Waals surface area contributed by atoms with Gasteiger partial charge in [-0.3, -0.25) is 0 Å². The molecule has 0 fully saturated rings. The third-order valence-electron chi connectivity index (χ3n) is 7.74. The number of rotatable bonds is 8. The Morgan fingerprint density at radius 1 is 0.765 bits per heavy atom. The van der Waals surface area contributed by atoms with Crippen LogP contribution in [-0.2, 0) is 24.7 Å². The lowest BCUT2D eigenvalue weighted by Crippen LogP contribution is -2.40. The van der Waals surface area contributed by atoms with Gasteiger partial charge in [0.05, 0.1) is 8.07 Å². The molecule has 34 heavy (non-hydrogen) atoms. The number of fused-ring (bicyclic) bond motifs is 3. The normalized spacial score (nSPS) is 14.1. The van der Waals surface area contributed by atoms with Crippen molar-refractivity contribution < 1.29 is 0 Å². The van der Waals surface area contributed by atoms with Crippen LogP contribution in [0.2, 0.25) is 19.6 Å². The lowest BCUT2D eigenvalue weighted by Gasteiger charge is -2.25. The van der Waals surface area contributed by atoms with Gasteiger partial charge in [0.25, 0.3) is 0 Å². The van der Waals surface area contributed by atoms with Crippen molar-refractivity contribution in [1.82, 2.24) is 0 Å². The molecule has 4 rings (SSSR count). The van der Waals surface area contributed by atoms with E-state index < -0.39 is 8.07 Å². The van der Waals surface area contributed by atoms with Crippen LogP contribution < -0.4 is 10.5 Å². The van der Waals surface area contributed by atoms with Gasteiger partial charge in [0.2, 0.25) is 0 Å². The Hall–Kier alpha value is -2.32. The van der Waals surface area contributed by atoms with Crippen LogP contribution in [0.25, 0.3) is 11.1 Å². The van der Waals surface area contributed by atoms with Crippen molar-refractivity contribution in [3.8, 4) is 11.1 Å². The summed E-state index contributed by atoms with van der Waals surface area (Å²) in [6.07, 6.45) is 5.82. The minimum Gasteiger partial charge on any atom is -0.355 e. The molecule has 3 aromatic rings. The molecule has 0 unspecified atom stereocenters. The maximum absolute atomic E-state index is 3.83. The van der Waals surface area contributed by atoms with Crippen LogP contribution in [0.15, 0.2) is 48.5 Å². The van der Waals surface area contributed by atoms with Crippen molar-refractivity contribution >= 4 is 24.6 Å². The molecule has 1 aliphatic carbocycles. The molecule has 1 nitrogen and oxygen atoms in total. The summed E-state index contributed by atoms with van der Waals surface area (Å²) in [7, 11) is -1.37. The smallest absolute Gasteiger partial charge is 0.0779 e. The van der Waals surface area contributed by atoms with Crippen molar-refractivity contribution in [1.29, 1.82) is 0 Å². The number of nitrogens with one attached hydrogen (secondary N) is 1. The molecule has 3 aromatic carbocycles. The van der Waals surface area contributed by atoms with Gasteiger partial charge in [-0.05, 0) is 82.8 Å². The van der Waals surface area contributed by atoms with Crippen LogP contribution in [0.1, 0.15) is 75.3 Å². The van der Waals surface area contributed by atoms with Crippen molar-refractivity contribution in [2.45, 2.75) is 91.8 Å². The van der Waals surface area contributed by atoms with Crippen LogP contribution >= 0.6 is 0 Å². The first-order valence-electron chi connectivity index (χ1n) is 13.3. The first kappa shape index (κ1) is 24.8. The van der Waals surface area contributed by atoms with Crippen LogP contribution in [0.3, 0.4) is 0 Å². The number of aryl methyl sites for hydroxylation is 3. The highest BCUT2D eigenvalue weighted by Gasteiger charge is 2.35. The van der Waals surface area contributed by atoms with E-state index >= 15 is 0 Å². The Morgan fingerprint density at radius 2 is 1.41 bits per heavy atom. The first-order valence-corrected chi connectivity index (χ1v) is 16.8. The summed E-state index contributed by atoms with van der Waals surface area (Å²) in [6.45, 7) is 19.0. The highest BCUT2D eigenvalue weighted by atomic mass is 28.3. The zero-order valence-corrected chi connectivity index (χ0v) is 23.7. The Balaban J connectivity index is 1.71. The Morgan fingerprint density at radius 3 is 2.03 bits per heavy atom. The fourth-order valence-corrected chi connectivity index (χ4v) is 7.46. The van der Waals surface area contributed by atoms with E-state index in [1.54, 1.807) is 5.19 Å². The summed E-state index contributed by atoms with van der Waals surface area (Å²) in [5, 5.41) is 5.44. The minimum atomic E-state index is -1.37. The summed E-state index contributed by atoms with van der Waals surface area (Å²) < 4.78 is 0. The topological polar surface area (TPSA) is 12.0 Å². The van der Waals surface area contributed by atoms with Crippen LogP contribution in [0, 0.1) is 0 Å². The number of anilines is 2. The zero-order valence-electron chi connectivity index (χ0n) is 22.7. The Labute approximate surface area is 209 Å². The van der Waals surface area contributed by atoms with E-state index in [1.807, 2.05) is 0 Å². The molecular weight excluding hydrogens is 426 g/mol. The van der Waals surface area contributed by atoms with Crippen molar-refractivity contribution in [2.75, 3.05) is 5.32 Å². The lowest BCUT2D eigenvalue weighted by atomic mass is 9.81. The highest BCUT2D eigenvalue weighted by molar-refractivity contribution is 6.89. The molecule has 0 aliphatic heterocycles. The Kier molecular flexibility index (Phi) is 6.84. The summed E-state index contributed by atoms with van der Waals surface area (Å²) in [4.78, 5) is 0. The van der Waals surface area contributed by atoms with Gasteiger partial charge >= 0.3 is 0 Å². The second kappa shape index (κ2) is 9.38. The predicted molar refractivity (Wildman–Crippen MR) is 154 cm³/mol. The number of unbranched alkanes of at least 4 members (excludes halogenated alkanes) is 1. The molecule has 1 aliphatic rings. The van der Waals surface area contributed by atoms with Gasteiger partial charge in [0, 0.05) is 16.8 Å². The van der Waals surface area contributed by atoms with E-state index in [2.05, 4.69) is 108 Å². The van der Waals surface area contributed by atoms with Gasteiger partial charge < -0.3 is 5.32 Å². The van der Waals surface area contributed by atoms with Gasteiger partial charge in [-0.15, -0.1) is 0 Å². The van der Waals surface area contributed by atoms with Crippen molar-refractivity contribution in [2.24, 2.45) is 0 Å². The lowest BCUT2D eigenvalue weighted by molar-refractivity contribution is 0.658. The molecule has 0 atom stereocenters. The van der Waals surface area contributed by atoms with Crippen LogP contribution in [-0.4, -0.2) is 8.07 Å². The van der Waals surface area contributed by atoms with E-state index in [0.29, 0.717) is 0 Å². The van der Waals surface area contributed by atoms with Gasteiger partial charge in [0.15, 0.2) is 0 Å². The second-order valence-electron chi connectivity index (χ2n) is 11.6. The quantitative estimate of drug-likeness (QED) is 0.325. The summed E-state index contributed by atoms with van der Waals surface area (Å²) in [5.41, 5.74) is 12.6. The molecule has 0 bridgehead atoms. The average molecular weight is 470 g/mol. The zero-order chi connectivity index (χ0) is 24.7. The fourth-order valence-electron chi connectivity index (χ4n) is 5.64. The second-order valence-corrected chi connectivity index (χ2v) is 16.7. The van der Waals surface area contributed by atoms with E-state index in [0.717, 1.165) is 12.8 Å². The average Bonchev–Trinajstić information content (AvgIpc) is 3.02. The minimum absolute atomic E-state index is 0.0223. The van der Waals surface area contributed by atoms with Gasteiger partial charge in [-0.25, -0.2) is 0 Å². The van der Waals surface area contributed by atoms with Crippen molar-refractivity contribution in [3.05, 3.63) is 76.3 Å². The monoisotopic (exact) mass is 469 g/mol. The van der Waals surface area contributed by atoms with Gasteiger partial charge in [0.1, 0.15) is 0 Å². The van der Waals surface area contributed by atoms with E-state index in [4.69, 9.17) is 0 Å². The summed E-state index contributed by atoms with van der Waals surface area (Å²) >= 11 is 0. The number of benzene rings is 3. The van der Waals surface area contributed by atoms with Crippen molar-refractivity contribution in [3.63, 3.8) is 0 Å². The van der Waals surface area contributed by atoms with E-state index in [-0.39, 0.29) is 5.41 Å². The largest absolute Gasteiger partial charge is 0.355 e. The maximum atomic E-state index is 3.83. The maximum Gasteiger partial charge on any atom is 0.0779 e. The molecule has 0 radical (unpaired) electrons. The number of hydrogen-bond acceptors (Lipinski definition) is 1. The SMILES string of the molecule is CCCCc1ccc2c(c1)C(C)(C)c1cc(Nc3cc(CC)c([Si](C)(C)C)cc3CC)ccc1-2. The molecule has 0 heterocycles. The molecule has 0 saturated carbocycles. The number of hydrogen-bond donors (Lipinski definition) is 1. The van der Waals surface area contributed by atoms with Gasteiger partial charge in [-0.2, -0.15) is 0 Å². The molecular formula is C32H43NSi. The van der Waals surface area contributed by atoms with Crippen LogP contribution in [0.4, 0.5) is 11.4 Å².